The van der Waals surface area contributed by atoms with Gasteiger partial charge in [0.25, 0.3) is 7.82 Å². The Morgan fingerprint density at radius 3 is 1.01 bits per heavy atom. The van der Waals surface area contributed by atoms with Crippen LogP contribution in [0.25, 0.3) is 0 Å². The van der Waals surface area contributed by atoms with Gasteiger partial charge in [-0.05, 0) is 77.0 Å². The molecule has 0 saturated carbocycles. The number of allylic oxidation sites excluding steroid dienone is 9. The summed E-state index contributed by atoms with van der Waals surface area (Å²) in [4.78, 5) is 25.6. The molecule has 0 saturated heterocycles. The number of hydrogen-bond acceptors (Lipinski definition) is 6. The summed E-state index contributed by atoms with van der Waals surface area (Å²) in [5.41, 5.74) is 0. The van der Waals surface area contributed by atoms with Crippen LogP contribution in [-0.2, 0) is 18.4 Å². The highest BCUT2D eigenvalue weighted by Gasteiger charge is 2.23. The fraction of sp³-hybridized carbons (Fsp3) is 0.857. The zero-order valence-electron chi connectivity index (χ0n) is 58.0. The van der Waals surface area contributed by atoms with Crippen molar-refractivity contribution in [1.29, 1.82) is 0 Å². The zero-order valence-corrected chi connectivity index (χ0v) is 58.9. The molecular formula is C77H147N2O6P. The van der Waals surface area contributed by atoms with E-state index in [1.165, 1.54) is 302 Å². The number of unbranched alkanes of at least 4 members (excludes halogenated alkanes) is 49. The molecule has 8 nitrogen and oxygen atoms in total. The number of aliphatic hydroxyl groups excluding tert-OH is 1. The standard InChI is InChI=1S/C77H147N2O6P/c1-6-8-10-12-14-16-18-20-22-24-26-28-30-32-33-34-35-36-37-38-39-40-41-42-43-44-45-47-49-51-53-55-57-59-61-63-65-67-69-71-77(81)78-75(74-85-86(82,83)84-73-72-79(3,4)5)76(80)70-68-66-64-62-60-58-56-54-52-50-48-46-31-29-27-25-23-21-19-17-15-13-11-9-7-2/h18,20,24,26,52,54,60,62,68,70,75-76,80H,6-17,19,21-23,25,27-51,53,55-59,61,63-67,69,71-74H2,1-5H3,(H-,78,81,82,83)/b20-18-,26-24-,54-52+,62-60+,70-68+. The lowest BCUT2D eigenvalue weighted by Gasteiger charge is -2.29. The summed E-state index contributed by atoms with van der Waals surface area (Å²) in [5, 5.41) is 13.9. The second-order valence-corrected chi connectivity index (χ2v) is 28.4. The third-order valence-electron chi connectivity index (χ3n) is 17.2. The highest BCUT2D eigenvalue weighted by molar-refractivity contribution is 7.45. The number of carbonyl (C=O) groups is 1. The average Bonchev–Trinajstić information content (AvgIpc) is 3.70. The van der Waals surface area contributed by atoms with Crippen molar-refractivity contribution in [2.45, 2.75) is 386 Å². The first-order valence-electron chi connectivity index (χ1n) is 37.7. The molecule has 0 aromatic heterocycles. The molecule has 0 rings (SSSR count). The Kier molecular flexibility index (Phi) is 66.2. The van der Waals surface area contributed by atoms with Gasteiger partial charge in [-0.2, -0.15) is 0 Å². The van der Waals surface area contributed by atoms with Gasteiger partial charge in [0.1, 0.15) is 13.2 Å². The first kappa shape index (κ1) is 84.2. The maximum atomic E-state index is 13.0. The minimum atomic E-state index is -4.62. The summed E-state index contributed by atoms with van der Waals surface area (Å²) in [6.45, 7) is 4.66. The molecule has 506 valence electrons. The predicted molar refractivity (Wildman–Crippen MR) is 376 cm³/mol. The van der Waals surface area contributed by atoms with Gasteiger partial charge in [-0.1, -0.05) is 351 Å². The predicted octanol–water partition coefficient (Wildman–Crippen LogP) is 23.7. The Balaban J connectivity index is 3.99. The number of carbonyl (C=O) groups excluding carboxylic acids is 1. The summed E-state index contributed by atoms with van der Waals surface area (Å²) < 4.78 is 23.5. The molecule has 9 heteroatoms. The van der Waals surface area contributed by atoms with E-state index in [4.69, 9.17) is 9.05 Å². The molecular weight excluding hydrogens is 1080 g/mol. The smallest absolute Gasteiger partial charge is 0.268 e. The third-order valence-corrected chi connectivity index (χ3v) is 18.1. The normalized spacial score (nSPS) is 13.9. The highest BCUT2D eigenvalue weighted by atomic mass is 31.2. The van der Waals surface area contributed by atoms with Crippen LogP contribution in [0, 0.1) is 0 Å². The Morgan fingerprint density at radius 1 is 0.407 bits per heavy atom. The number of amides is 1. The Bertz CT molecular complexity index is 1590. The monoisotopic (exact) mass is 1230 g/mol. The minimum absolute atomic E-state index is 0.00828. The maximum absolute atomic E-state index is 13.0. The van der Waals surface area contributed by atoms with E-state index < -0.39 is 26.6 Å². The summed E-state index contributed by atoms with van der Waals surface area (Å²) in [7, 11) is 1.25. The van der Waals surface area contributed by atoms with Gasteiger partial charge in [0.05, 0.1) is 39.9 Å². The molecule has 1 amide bonds. The van der Waals surface area contributed by atoms with Crippen LogP contribution in [0.3, 0.4) is 0 Å². The molecule has 0 spiro atoms. The van der Waals surface area contributed by atoms with Crippen LogP contribution in [-0.4, -0.2) is 68.5 Å². The second kappa shape index (κ2) is 67.6. The Hall–Kier alpha value is -1.80. The fourth-order valence-electron chi connectivity index (χ4n) is 11.3. The first-order chi connectivity index (χ1) is 42.0. The molecule has 0 aliphatic heterocycles. The summed E-state index contributed by atoms with van der Waals surface area (Å²) in [6, 6.07) is -0.911. The van der Waals surface area contributed by atoms with E-state index in [0.717, 1.165) is 51.4 Å². The SMILES string of the molecule is CCCCCCC/C=C\C/C=C\CCCCCCCCCCCCCCCCCCCCCCCCCCCCCC(=O)NC(COP(=O)([O-])OCC[N+](C)(C)C)C(O)/C=C/CC/C=C/CC/C=C/CCCCCCCCCCCCCCCCC. The van der Waals surface area contributed by atoms with Crippen LogP contribution in [0.2, 0.25) is 0 Å². The molecule has 3 atom stereocenters. The zero-order chi connectivity index (χ0) is 62.6. The molecule has 2 N–H and O–H groups in total. The first-order valence-corrected chi connectivity index (χ1v) is 39.1. The third kappa shape index (κ3) is 69.7. The molecule has 0 aliphatic carbocycles. The summed E-state index contributed by atoms with van der Waals surface area (Å²) >= 11 is 0. The minimum Gasteiger partial charge on any atom is -0.756 e. The van der Waals surface area contributed by atoms with Crippen LogP contribution < -0.4 is 10.2 Å². The lowest BCUT2D eigenvalue weighted by molar-refractivity contribution is -0.870. The molecule has 0 aliphatic rings. The van der Waals surface area contributed by atoms with Crippen LogP contribution >= 0.6 is 7.82 Å². The van der Waals surface area contributed by atoms with Crippen LogP contribution in [0.4, 0.5) is 0 Å². The average molecular weight is 1230 g/mol. The van der Waals surface area contributed by atoms with E-state index in [9.17, 15) is 19.4 Å². The number of nitrogens with zero attached hydrogens (tertiary/aromatic N) is 1. The quantitative estimate of drug-likeness (QED) is 0.0272. The molecule has 86 heavy (non-hydrogen) atoms. The van der Waals surface area contributed by atoms with Crippen LogP contribution in [0.1, 0.15) is 373 Å². The number of aliphatic hydroxyl groups is 1. The lowest BCUT2D eigenvalue weighted by atomic mass is 10.0. The number of quaternary nitrogens is 1. The fourth-order valence-corrected chi connectivity index (χ4v) is 12.1. The Morgan fingerprint density at radius 2 is 0.686 bits per heavy atom. The molecule has 0 heterocycles. The second-order valence-electron chi connectivity index (χ2n) is 27.0. The summed E-state index contributed by atoms with van der Waals surface area (Å²) in [6.07, 6.45) is 93.8. The van der Waals surface area contributed by atoms with E-state index in [1.807, 2.05) is 27.2 Å². The summed E-state index contributed by atoms with van der Waals surface area (Å²) in [5.74, 6) is -0.205. The van der Waals surface area contributed by atoms with E-state index in [0.29, 0.717) is 17.4 Å². The molecule has 0 aromatic carbocycles. The van der Waals surface area contributed by atoms with Gasteiger partial charge in [-0.3, -0.25) is 9.36 Å². The van der Waals surface area contributed by atoms with E-state index in [1.54, 1.807) is 6.08 Å². The Labute approximate surface area is 536 Å². The van der Waals surface area contributed by atoms with Gasteiger partial charge < -0.3 is 28.8 Å². The van der Waals surface area contributed by atoms with E-state index in [-0.39, 0.29) is 12.5 Å². The van der Waals surface area contributed by atoms with Crippen LogP contribution in [0.5, 0.6) is 0 Å². The molecule has 0 fully saturated rings. The highest BCUT2D eigenvalue weighted by Crippen LogP contribution is 2.38. The van der Waals surface area contributed by atoms with Crippen molar-refractivity contribution >= 4 is 13.7 Å². The van der Waals surface area contributed by atoms with Gasteiger partial charge in [-0.25, -0.2) is 0 Å². The van der Waals surface area contributed by atoms with Gasteiger partial charge in [0.2, 0.25) is 5.91 Å². The van der Waals surface area contributed by atoms with E-state index in [2.05, 4.69) is 67.8 Å². The van der Waals surface area contributed by atoms with Crippen molar-refractivity contribution in [3.8, 4) is 0 Å². The van der Waals surface area contributed by atoms with Gasteiger partial charge in [0, 0.05) is 6.42 Å². The van der Waals surface area contributed by atoms with Crippen molar-refractivity contribution in [3.63, 3.8) is 0 Å². The number of nitrogens with one attached hydrogen (secondary N) is 1. The molecule has 0 radical (unpaired) electrons. The molecule has 0 bridgehead atoms. The van der Waals surface area contributed by atoms with Gasteiger partial charge in [0.15, 0.2) is 0 Å². The number of rotatable bonds is 70. The van der Waals surface area contributed by atoms with Crippen molar-refractivity contribution in [2.24, 2.45) is 0 Å². The number of hydrogen-bond donors (Lipinski definition) is 2. The van der Waals surface area contributed by atoms with Crippen LogP contribution in [0.15, 0.2) is 60.8 Å². The number of likely N-dealkylation sites (N-methyl/N-ethyl adjacent to an activating group) is 1. The van der Waals surface area contributed by atoms with E-state index >= 15 is 0 Å². The maximum Gasteiger partial charge on any atom is 0.268 e. The molecule has 0 aromatic rings. The lowest BCUT2D eigenvalue weighted by Crippen LogP contribution is -2.45. The van der Waals surface area contributed by atoms with Gasteiger partial charge >= 0.3 is 0 Å². The topological polar surface area (TPSA) is 108 Å². The molecule has 3 unspecified atom stereocenters. The number of phosphoric ester groups is 1. The van der Waals surface area contributed by atoms with Crippen molar-refractivity contribution in [2.75, 3.05) is 40.9 Å². The largest absolute Gasteiger partial charge is 0.756 e. The van der Waals surface area contributed by atoms with Crippen molar-refractivity contribution < 1.29 is 32.9 Å². The van der Waals surface area contributed by atoms with Crippen molar-refractivity contribution in [3.05, 3.63) is 60.8 Å². The van der Waals surface area contributed by atoms with Crippen molar-refractivity contribution in [1.82, 2.24) is 5.32 Å². The number of phosphoric acid groups is 1. The van der Waals surface area contributed by atoms with Gasteiger partial charge in [-0.15, -0.1) is 0 Å².